The minimum atomic E-state index is 0.0656. The van der Waals surface area contributed by atoms with Crippen LogP contribution in [0.5, 0.6) is 0 Å². The van der Waals surface area contributed by atoms with Crippen molar-refractivity contribution in [1.29, 1.82) is 0 Å². The molecule has 0 bridgehead atoms. The summed E-state index contributed by atoms with van der Waals surface area (Å²) in [6.07, 6.45) is 10.3. The van der Waals surface area contributed by atoms with Crippen LogP contribution in [0.25, 0.3) is 0 Å². The van der Waals surface area contributed by atoms with Crippen LogP contribution in [0.1, 0.15) is 29.8 Å². The molecule has 0 aliphatic rings. The van der Waals surface area contributed by atoms with Crippen molar-refractivity contribution in [2.45, 2.75) is 19.3 Å². The fraction of sp³-hybridized carbons (Fsp3) is 0.400. The minimum Gasteiger partial charge on any atom is -0.340 e. The van der Waals surface area contributed by atoms with Gasteiger partial charge in [0.15, 0.2) is 5.78 Å². The zero-order chi connectivity index (χ0) is 9.68. The number of carbonyl (C=O) groups excluding carboxylic acids is 1. The summed E-state index contributed by atoms with van der Waals surface area (Å²) < 4.78 is 1.76. The molecule has 1 rings (SSSR count). The first-order chi connectivity index (χ1) is 6.24. The summed E-state index contributed by atoms with van der Waals surface area (Å²) in [6.45, 7) is 0. The predicted octanol–water partition coefficient (Wildman–Crippen LogP) is 1.41. The van der Waals surface area contributed by atoms with Crippen LogP contribution in [0, 0.1) is 12.3 Å². The molecule has 0 atom stereocenters. The molecular formula is C10H12N2O. The number of Topliss-reactive ketones (excluding diaryl/α,β-unsaturated/α-hetero) is 1. The van der Waals surface area contributed by atoms with E-state index in [9.17, 15) is 4.79 Å². The number of carbonyl (C=O) groups is 1. The van der Waals surface area contributed by atoms with Gasteiger partial charge in [0.25, 0.3) is 0 Å². The van der Waals surface area contributed by atoms with Crippen molar-refractivity contribution in [2.24, 2.45) is 7.05 Å². The normalized spacial score (nSPS) is 9.54. The zero-order valence-electron chi connectivity index (χ0n) is 7.66. The average molecular weight is 176 g/mol. The molecule has 0 N–H and O–H groups in total. The second kappa shape index (κ2) is 4.46. The van der Waals surface area contributed by atoms with E-state index in [4.69, 9.17) is 6.42 Å². The van der Waals surface area contributed by atoms with Crippen molar-refractivity contribution in [1.82, 2.24) is 9.55 Å². The van der Waals surface area contributed by atoms with E-state index in [-0.39, 0.29) is 5.78 Å². The zero-order valence-corrected chi connectivity index (χ0v) is 7.66. The number of hydrogen-bond acceptors (Lipinski definition) is 2. The fourth-order valence-corrected chi connectivity index (χ4v) is 1.04. The first-order valence-electron chi connectivity index (χ1n) is 4.18. The van der Waals surface area contributed by atoms with E-state index in [2.05, 4.69) is 10.9 Å². The van der Waals surface area contributed by atoms with Crippen molar-refractivity contribution >= 4 is 5.78 Å². The lowest BCUT2D eigenvalue weighted by molar-refractivity contribution is 0.0976. The molecular weight excluding hydrogens is 164 g/mol. The molecule has 0 aromatic carbocycles. The monoisotopic (exact) mass is 176 g/mol. The predicted molar refractivity (Wildman–Crippen MR) is 50.2 cm³/mol. The average Bonchev–Trinajstić information content (AvgIpc) is 2.52. The highest BCUT2D eigenvalue weighted by molar-refractivity contribution is 5.93. The van der Waals surface area contributed by atoms with Crippen molar-refractivity contribution in [3.05, 3.63) is 18.2 Å². The van der Waals surface area contributed by atoms with E-state index in [0.29, 0.717) is 18.5 Å². The van der Waals surface area contributed by atoms with Gasteiger partial charge in [-0.3, -0.25) is 4.79 Å². The Labute approximate surface area is 77.8 Å². The van der Waals surface area contributed by atoms with Crippen molar-refractivity contribution in [2.75, 3.05) is 0 Å². The third kappa shape index (κ3) is 2.75. The Kier molecular flexibility index (Phi) is 3.27. The van der Waals surface area contributed by atoms with Crippen LogP contribution < -0.4 is 0 Å². The molecule has 0 saturated heterocycles. The van der Waals surface area contributed by atoms with Gasteiger partial charge in [-0.2, -0.15) is 0 Å². The van der Waals surface area contributed by atoms with Gasteiger partial charge >= 0.3 is 0 Å². The number of nitrogens with zero attached hydrogens (tertiary/aromatic N) is 2. The number of terminal acetylenes is 1. The molecule has 0 radical (unpaired) electrons. The second-order valence-electron chi connectivity index (χ2n) is 2.91. The topological polar surface area (TPSA) is 34.9 Å². The largest absolute Gasteiger partial charge is 0.340 e. The maximum Gasteiger partial charge on any atom is 0.182 e. The maximum atomic E-state index is 11.4. The van der Waals surface area contributed by atoms with Crippen molar-refractivity contribution < 1.29 is 4.79 Å². The molecule has 3 nitrogen and oxygen atoms in total. The van der Waals surface area contributed by atoms with Gasteiger partial charge in [0, 0.05) is 26.1 Å². The first kappa shape index (κ1) is 9.53. The summed E-state index contributed by atoms with van der Waals surface area (Å²) in [7, 11) is 1.84. The molecule has 1 heterocycles. The molecule has 1 aromatic rings. The van der Waals surface area contributed by atoms with Gasteiger partial charge in [-0.15, -0.1) is 12.3 Å². The second-order valence-corrected chi connectivity index (χ2v) is 2.91. The van der Waals surface area contributed by atoms with Crippen LogP contribution in [0.3, 0.4) is 0 Å². The molecule has 0 spiro atoms. The van der Waals surface area contributed by atoms with Crippen molar-refractivity contribution in [3.63, 3.8) is 0 Å². The summed E-state index contributed by atoms with van der Waals surface area (Å²) in [6, 6.07) is 0. The number of ketones is 1. The maximum absolute atomic E-state index is 11.4. The Balaban J connectivity index is 2.45. The van der Waals surface area contributed by atoms with Gasteiger partial charge in [-0.1, -0.05) is 0 Å². The van der Waals surface area contributed by atoms with Gasteiger partial charge in [-0.25, -0.2) is 4.98 Å². The Morgan fingerprint density at radius 1 is 1.77 bits per heavy atom. The molecule has 0 fully saturated rings. The summed E-state index contributed by atoms with van der Waals surface area (Å²) >= 11 is 0. The number of rotatable bonds is 4. The van der Waals surface area contributed by atoms with E-state index in [1.54, 1.807) is 17.1 Å². The van der Waals surface area contributed by atoms with Crippen LogP contribution in [0.4, 0.5) is 0 Å². The Bertz CT molecular complexity index is 333. The van der Waals surface area contributed by atoms with Crippen LogP contribution in [0.15, 0.2) is 12.5 Å². The Hall–Kier alpha value is -1.56. The molecule has 13 heavy (non-hydrogen) atoms. The summed E-state index contributed by atoms with van der Waals surface area (Å²) in [5.74, 6) is 2.57. The SMILES string of the molecule is C#CCCCC(=O)c1cn(C)cn1. The standard InChI is InChI=1S/C10H12N2O/c1-3-4-5-6-10(13)9-7-12(2)8-11-9/h1,7-8H,4-6H2,2H3. The van der Waals surface area contributed by atoms with E-state index < -0.39 is 0 Å². The fourth-order valence-electron chi connectivity index (χ4n) is 1.04. The Morgan fingerprint density at radius 2 is 2.54 bits per heavy atom. The highest BCUT2D eigenvalue weighted by Crippen LogP contribution is 2.03. The van der Waals surface area contributed by atoms with Gasteiger partial charge < -0.3 is 4.57 Å². The van der Waals surface area contributed by atoms with E-state index >= 15 is 0 Å². The van der Waals surface area contributed by atoms with E-state index in [0.717, 1.165) is 6.42 Å². The molecule has 0 aliphatic heterocycles. The number of aromatic nitrogens is 2. The summed E-state index contributed by atoms with van der Waals surface area (Å²) in [5, 5.41) is 0. The number of aryl methyl sites for hydroxylation is 1. The molecule has 0 unspecified atom stereocenters. The Morgan fingerprint density at radius 3 is 3.08 bits per heavy atom. The van der Waals surface area contributed by atoms with E-state index in [1.165, 1.54) is 0 Å². The highest BCUT2D eigenvalue weighted by Gasteiger charge is 2.07. The number of hydrogen-bond donors (Lipinski definition) is 0. The van der Waals surface area contributed by atoms with Gasteiger partial charge in [0.1, 0.15) is 5.69 Å². The van der Waals surface area contributed by atoms with Crippen LogP contribution in [-0.4, -0.2) is 15.3 Å². The van der Waals surface area contributed by atoms with Crippen LogP contribution in [-0.2, 0) is 7.05 Å². The number of imidazole rings is 1. The molecule has 68 valence electrons. The van der Waals surface area contributed by atoms with E-state index in [1.807, 2.05) is 7.05 Å². The lowest BCUT2D eigenvalue weighted by Crippen LogP contribution is -1.98. The third-order valence-electron chi connectivity index (χ3n) is 1.72. The summed E-state index contributed by atoms with van der Waals surface area (Å²) in [4.78, 5) is 15.3. The molecule has 1 aromatic heterocycles. The van der Waals surface area contributed by atoms with Crippen LogP contribution >= 0.6 is 0 Å². The van der Waals surface area contributed by atoms with Crippen molar-refractivity contribution in [3.8, 4) is 12.3 Å². The minimum absolute atomic E-state index is 0.0656. The van der Waals surface area contributed by atoms with Gasteiger partial charge in [-0.05, 0) is 6.42 Å². The lowest BCUT2D eigenvalue weighted by Gasteiger charge is -1.93. The van der Waals surface area contributed by atoms with Gasteiger partial charge in [0.05, 0.1) is 6.33 Å². The van der Waals surface area contributed by atoms with Gasteiger partial charge in [0.2, 0.25) is 0 Å². The smallest absolute Gasteiger partial charge is 0.182 e. The highest BCUT2D eigenvalue weighted by atomic mass is 16.1. The quantitative estimate of drug-likeness (QED) is 0.395. The lowest BCUT2D eigenvalue weighted by atomic mass is 10.1. The molecule has 0 aliphatic carbocycles. The third-order valence-corrected chi connectivity index (χ3v) is 1.72. The summed E-state index contributed by atoms with van der Waals surface area (Å²) in [5.41, 5.74) is 0.527. The molecule has 0 amide bonds. The number of unbranched alkanes of at least 4 members (excludes halogenated alkanes) is 1. The van der Waals surface area contributed by atoms with Crippen LogP contribution in [0.2, 0.25) is 0 Å². The molecule has 0 saturated carbocycles. The first-order valence-corrected chi connectivity index (χ1v) is 4.18. The molecule has 3 heteroatoms.